The maximum Gasteiger partial charge on any atom is 0.244 e. The molecule has 118 valence electrons. The van der Waals surface area contributed by atoms with Gasteiger partial charge in [0.25, 0.3) is 0 Å². The van der Waals surface area contributed by atoms with E-state index in [-0.39, 0.29) is 12.1 Å². The zero-order valence-corrected chi connectivity index (χ0v) is 14.5. The third kappa shape index (κ3) is 3.67. The van der Waals surface area contributed by atoms with Gasteiger partial charge in [0.1, 0.15) is 6.17 Å². The number of nitrogens with zero attached hydrogens (tertiary/aromatic N) is 1. The summed E-state index contributed by atoms with van der Waals surface area (Å²) in [5.41, 5.74) is -0.410. The van der Waals surface area contributed by atoms with Gasteiger partial charge in [0.2, 0.25) is 5.91 Å². The number of nitrogens with one attached hydrogen (secondary N) is 1. The van der Waals surface area contributed by atoms with Crippen LogP contribution in [0.4, 0.5) is 0 Å². The molecule has 1 fully saturated rings. The summed E-state index contributed by atoms with van der Waals surface area (Å²) >= 11 is 1.72. The molecule has 0 aliphatic carbocycles. The Labute approximate surface area is 132 Å². The third-order valence-electron chi connectivity index (χ3n) is 4.45. The lowest BCUT2D eigenvalue weighted by molar-refractivity contribution is -0.133. The van der Waals surface area contributed by atoms with Crippen LogP contribution in [0.5, 0.6) is 0 Å². The maximum atomic E-state index is 12.8. The van der Waals surface area contributed by atoms with Crippen LogP contribution in [-0.2, 0) is 4.79 Å². The fraction of sp³-hybridized carbons (Fsp3) is 0.706. The van der Waals surface area contributed by atoms with E-state index in [9.17, 15) is 4.79 Å². The predicted molar refractivity (Wildman–Crippen MR) is 89.3 cm³/mol. The van der Waals surface area contributed by atoms with Crippen molar-refractivity contribution >= 4 is 17.2 Å². The number of unbranched alkanes of at least 4 members (excludes halogenated alkanes) is 1. The monoisotopic (exact) mass is 308 g/mol. The molecule has 2 unspecified atom stereocenters. The van der Waals surface area contributed by atoms with Gasteiger partial charge in [0.05, 0.1) is 5.54 Å². The van der Waals surface area contributed by atoms with Crippen LogP contribution in [0.1, 0.15) is 64.4 Å². The van der Waals surface area contributed by atoms with Crippen molar-refractivity contribution in [3.05, 3.63) is 22.4 Å². The van der Waals surface area contributed by atoms with Crippen LogP contribution in [0.25, 0.3) is 0 Å². The lowest BCUT2D eigenvalue weighted by Gasteiger charge is -2.23. The minimum absolute atomic E-state index is 0.0569. The van der Waals surface area contributed by atoms with Crippen molar-refractivity contribution in [3.8, 4) is 0 Å². The minimum atomic E-state index is -0.410. The van der Waals surface area contributed by atoms with Crippen molar-refractivity contribution in [2.24, 2.45) is 5.92 Å². The summed E-state index contributed by atoms with van der Waals surface area (Å²) in [5, 5.41) is 5.64. The van der Waals surface area contributed by atoms with E-state index in [1.165, 1.54) is 17.7 Å². The van der Waals surface area contributed by atoms with Crippen molar-refractivity contribution < 1.29 is 4.79 Å². The zero-order valence-electron chi connectivity index (χ0n) is 13.7. The molecule has 2 rings (SSSR count). The first-order chi connectivity index (χ1) is 9.98. The molecule has 0 radical (unpaired) electrons. The molecule has 1 aliphatic rings. The van der Waals surface area contributed by atoms with Gasteiger partial charge in [0, 0.05) is 11.4 Å². The molecule has 1 aliphatic heterocycles. The standard InChI is InChI=1S/C17H28N2OS/c1-5-17(4)16(20)19(11-7-6-9-13(2)3)15(18-17)14-10-8-12-21-14/h8,10,12-13,15,18H,5-7,9,11H2,1-4H3. The van der Waals surface area contributed by atoms with Crippen LogP contribution in [0, 0.1) is 5.92 Å². The Hall–Kier alpha value is -0.870. The van der Waals surface area contributed by atoms with E-state index in [4.69, 9.17) is 0 Å². The number of amides is 1. The molecule has 21 heavy (non-hydrogen) atoms. The van der Waals surface area contributed by atoms with Crippen LogP contribution in [0.2, 0.25) is 0 Å². The second kappa shape index (κ2) is 6.93. The highest BCUT2D eigenvalue weighted by Crippen LogP contribution is 2.34. The molecule has 0 saturated carbocycles. The van der Waals surface area contributed by atoms with Crippen LogP contribution in [0.15, 0.2) is 17.5 Å². The quantitative estimate of drug-likeness (QED) is 0.767. The van der Waals surface area contributed by atoms with Gasteiger partial charge in [-0.25, -0.2) is 0 Å². The molecule has 4 heteroatoms. The average Bonchev–Trinajstić information content (AvgIpc) is 3.05. The number of carbonyl (C=O) groups is 1. The summed E-state index contributed by atoms with van der Waals surface area (Å²) in [6.07, 6.45) is 4.41. The van der Waals surface area contributed by atoms with Gasteiger partial charge in [-0.3, -0.25) is 10.1 Å². The summed E-state index contributed by atoms with van der Waals surface area (Å²) in [6.45, 7) is 9.48. The van der Waals surface area contributed by atoms with Crippen molar-refractivity contribution in [3.63, 3.8) is 0 Å². The van der Waals surface area contributed by atoms with E-state index in [1.807, 2.05) is 6.92 Å². The molecule has 1 aromatic rings. The van der Waals surface area contributed by atoms with Gasteiger partial charge in [-0.15, -0.1) is 11.3 Å². The van der Waals surface area contributed by atoms with Crippen molar-refractivity contribution in [2.75, 3.05) is 6.54 Å². The molecular weight excluding hydrogens is 280 g/mol. The first-order valence-corrected chi connectivity index (χ1v) is 8.98. The molecule has 0 bridgehead atoms. The number of hydrogen-bond donors (Lipinski definition) is 1. The molecule has 1 aromatic heterocycles. The van der Waals surface area contributed by atoms with E-state index in [0.29, 0.717) is 0 Å². The average molecular weight is 308 g/mol. The summed E-state index contributed by atoms with van der Waals surface area (Å²) in [7, 11) is 0. The molecule has 2 atom stereocenters. The SMILES string of the molecule is CCC1(C)NC(c2cccs2)N(CCCCC(C)C)C1=O. The van der Waals surface area contributed by atoms with Gasteiger partial charge in [-0.2, -0.15) is 0 Å². The molecule has 3 nitrogen and oxygen atoms in total. The lowest BCUT2D eigenvalue weighted by atomic mass is 9.99. The largest absolute Gasteiger partial charge is 0.320 e. The van der Waals surface area contributed by atoms with E-state index in [2.05, 4.69) is 48.5 Å². The topological polar surface area (TPSA) is 32.3 Å². The Balaban J connectivity index is 2.05. The third-order valence-corrected chi connectivity index (χ3v) is 5.37. The van der Waals surface area contributed by atoms with Gasteiger partial charge < -0.3 is 4.90 Å². The summed E-state index contributed by atoms with van der Waals surface area (Å²) < 4.78 is 0. The number of hydrogen-bond acceptors (Lipinski definition) is 3. The molecule has 1 N–H and O–H groups in total. The molecule has 1 saturated heterocycles. The first kappa shape index (κ1) is 16.5. The number of thiophene rings is 1. The van der Waals surface area contributed by atoms with Gasteiger partial charge in [-0.05, 0) is 37.1 Å². The lowest BCUT2D eigenvalue weighted by Crippen LogP contribution is -2.43. The maximum absolute atomic E-state index is 12.8. The van der Waals surface area contributed by atoms with Crippen LogP contribution in [0.3, 0.4) is 0 Å². The van der Waals surface area contributed by atoms with E-state index in [0.717, 1.165) is 25.3 Å². The van der Waals surface area contributed by atoms with Crippen LogP contribution >= 0.6 is 11.3 Å². The highest BCUT2D eigenvalue weighted by molar-refractivity contribution is 7.10. The fourth-order valence-corrected chi connectivity index (χ4v) is 3.65. The highest BCUT2D eigenvalue weighted by atomic mass is 32.1. The Morgan fingerprint density at radius 1 is 1.43 bits per heavy atom. The zero-order chi connectivity index (χ0) is 15.5. The molecule has 0 aromatic carbocycles. The molecule has 2 heterocycles. The first-order valence-electron chi connectivity index (χ1n) is 8.10. The van der Waals surface area contributed by atoms with E-state index >= 15 is 0 Å². The molecule has 0 spiro atoms. The van der Waals surface area contributed by atoms with E-state index in [1.54, 1.807) is 11.3 Å². The van der Waals surface area contributed by atoms with Gasteiger partial charge in [-0.1, -0.05) is 39.7 Å². The molecular formula is C17H28N2OS. The van der Waals surface area contributed by atoms with E-state index < -0.39 is 5.54 Å². The Bertz CT molecular complexity index is 457. The summed E-state index contributed by atoms with van der Waals surface area (Å²) in [5.74, 6) is 0.999. The number of carbonyl (C=O) groups excluding carboxylic acids is 1. The number of rotatable bonds is 7. The van der Waals surface area contributed by atoms with Crippen molar-refractivity contribution in [1.29, 1.82) is 0 Å². The summed E-state index contributed by atoms with van der Waals surface area (Å²) in [4.78, 5) is 16.1. The second-order valence-corrected chi connectivity index (χ2v) is 7.62. The highest BCUT2D eigenvalue weighted by Gasteiger charge is 2.47. The van der Waals surface area contributed by atoms with Crippen molar-refractivity contribution in [2.45, 2.75) is 65.1 Å². The smallest absolute Gasteiger partial charge is 0.244 e. The summed E-state index contributed by atoms with van der Waals surface area (Å²) in [6, 6.07) is 4.18. The molecule has 1 amide bonds. The Morgan fingerprint density at radius 2 is 2.19 bits per heavy atom. The van der Waals surface area contributed by atoms with Crippen LogP contribution < -0.4 is 5.32 Å². The van der Waals surface area contributed by atoms with Crippen LogP contribution in [-0.4, -0.2) is 22.9 Å². The second-order valence-electron chi connectivity index (χ2n) is 6.64. The fourth-order valence-electron chi connectivity index (χ4n) is 2.87. The Kier molecular flexibility index (Phi) is 5.44. The van der Waals surface area contributed by atoms with Crippen molar-refractivity contribution in [1.82, 2.24) is 10.2 Å². The predicted octanol–water partition coefficient (Wildman–Crippen LogP) is 4.17. The van der Waals surface area contributed by atoms with Gasteiger partial charge in [0.15, 0.2) is 0 Å². The normalized spacial score (nSPS) is 26.0. The van der Waals surface area contributed by atoms with Gasteiger partial charge >= 0.3 is 0 Å². The minimum Gasteiger partial charge on any atom is -0.320 e. The Morgan fingerprint density at radius 3 is 2.76 bits per heavy atom.